The largest absolute Gasteiger partial charge is 0.465 e. The van der Waals surface area contributed by atoms with E-state index >= 15 is 0 Å². The van der Waals surface area contributed by atoms with E-state index in [1.54, 1.807) is 13.0 Å². The van der Waals surface area contributed by atoms with Crippen molar-refractivity contribution in [2.24, 2.45) is 11.8 Å². The summed E-state index contributed by atoms with van der Waals surface area (Å²) in [5.41, 5.74) is -0.922. The number of sulfonamides is 1. The second-order valence-corrected chi connectivity index (χ2v) is 14.7. The van der Waals surface area contributed by atoms with Gasteiger partial charge in [-0.15, -0.1) is 6.58 Å². The van der Waals surface area contributed by atoms with Crippen LogP contribution in [0.5, 0.6) is 0 Å². The summed E-state index contributed by atoms with van der Waals surface area (Å²) in [4.78, 5) is 64.0. The number of rotatable bonds is 10. The summed E-state index contributed by atoms with van der Waals surface area (Å²) in [7, 11) is -3.92. The van der Waals surface area contributed by atoms with Crippen LogP contribution in [0.25, 0.3) is 0 Å². The lowest BCUT2D eigenvalue weighted by Crippen LogP contribution is -2.57. The lowest BCUT2D eigenvalue weighted by atomic mass is 9.90. The summed E-state index contributed by atoms with van der Waals surface area (Å²) < 4.78 is 42.0. The minimum Gasteiger partial charge on any atom is -0.465 e. The van der Waals surface area contributed by atoms with E-state index in [0.29, 0.717) is 18.4 Å². The molecule has 1 aromatic carbocycles. The molecule has 6 atom stereocenters. The second kappa shape index (κ2) is 12.0. The van der Waals surface area contributed by atoms with Crippen molar-refractivity contribution in [2.75, 3.05) is 11.9 Å². The Morgan fingerprint density at radius 3 is 2.60 bits per heavy atom. The first-order valence-electron chi connectivity index (χ1n) is 15.1. The lowest BCUT2D eigenvalue weighted by Gasteiger charge is -2.29. The van der Waals surface area contributed by atoms with Crippen molar-refractivity contribution >= 4 is 51.3 Å². The van der Waals surface area contributed by atoms with Gasteiger partial charge < -0.3 is 20.6 Å². The van der Waals surface area contributed by atoms with Crippen molar-refractivity contribution in [1.82, 2.24) is 29.8 Å². The van der Waals surface area contributed by atoms with Crippen LogP contribution in [0.2, 0.25) is 5.28 Å². The van der Waals surface area contributed by atoms with Crippen molar-refractivity contribution in [2.45, 2.75) is 68.1 Å². The van der Waals surface area contributed by atoms with E-state index in [1.807, 2.05) is 0 Å². The maximum absolute atomic E-state index is 14.8. The van der Waals surface area contributed by atoms with E-state index in [2.05, 4.69) is 31.9 Å². The Bertz CT molecular complexity index is 1780. The first kappa shape index (κ1) is 32.6. The van der Waals surface area contributed by atoms with E-state index in [4.69, 9.17) is 11.6 Å². The smallest absolute Gasteiger partial charge is 0.408 e. The molecule has 0 radical (unpaired) electrons. The molecule has 4 aliphatic rings. The fraction of sp³-hybridized carbons (Fsp3) is 0.467. The maximum atomic E-state index is 14.8. The van der Waals surface area contributed by atoms with Crippen molar-refractivity contribution in [1.29, 1.82) is 0 Å². The molecule has 4 N–H and O–H groups in total. The van der Waals surface area contributed by atoms with Crippen LogP contribution in [0.15, 0.2) is 43.1 Å². The van der Waals surface area contributed by atoms with E-state index in [-0.39, 0.29) is 42.6 Å². The Labute approximate surface area is 274 Å². The van der Waals surface area contributed by atoms with Crippen LogP contribution in [-0.2, 0) is 31.0 Å². The predicted octanol–water partition coefficient (Wildman–Crippen LogP) is 2.19. The molecule has 2 unspecified atom stereocenters. The molecule has 14 nitrogen and oxygen atoms in total. The number of benzene rings is 1. The van der Waals surface area contributed by atoms with E-state index in [9.17, 15) is 37.1 Å². The normalized spacial score (nSPS) is 27.0. The van der Waals surface area contributed by atoms with Crippen LogP contribution in [0.1, 0.15) is 49.8 Å². The number of aromatic nitrogens is 2. The molecule has 0 spiro atoms. The minimum absolute atomic E-state index is 0.0230. The first-order valence-corrected chi connectivity index (χ1v) is 17.0. The highest BCUT2D eigenvalue weighted by Gasteiger charge is 2.62. The van der Waals surface area contributed by atoms with Gasteiger partial charge in [-0.25, -0.2) is 27.6 Å². The average molecular weight is 690 g/mol. The van der Waals surface area contributed by atoms with E-state index in [0.717, 1.165) is 4.90 Å². The second-order valence-electron chi connectivity index (χ2n) is 12.4. The Balaban J connectivity index is 1.30. The zero-order valence-corrected chi connectivity index (χ0v) is 26.8. The molecule has 3 heterocycles. The van der Waals surface area contributed by atoms with Crippen molar-refractivity contribution in [3.8, 4) is 0 Å². The van der Waals surface area contributed by atoms with Gasteiger partial charge in [0.25, 0.3) is 5.91 Å². The molecule has 2 aromatic rings. The molecule has 2 aliphatic carbocycles. The van der Waals surface area contributed by atoms with Crippen LogP contribution >= 0.6 is 11.6 Å². The number of anilines is 1. The van der Waals surface area contributed by atoms with Gasteiger partial charge >= 0.3 is 6.09 Å². The SMILES string of the molecule is C=C[C@@H]1C[C@]1(NC(=O)[C@@H]1CC(C2c3cccc(F)c3CN2C(=O)O)CN1C(=O)[C@@H](C)Nc1ccnc(Cl)n1)C(=O)NS(=O)(=O)C1CC1. The van der Waals surface area contributed by atoms with Crippen LogP contribution in [0, 0.1) is 17.7 Å². The van der Waals surface area contributed by atoms with Gasteiger partial charge in [-0.05, 0) is 61.9 Å². The van der Waals surface area contributed by atoms with Crippen LogP contribution in [-0.4, -0.2) is 86.5 Å². The minimum atomic E-state index is -3.92. The Morgan fingerprint density at radius 1 is 1.21 bits per heavy atom. The maximum Gasteiger partial charge on any atom is 0.408 e. The molecule has 4 amide bonds. The molecule has 1 aromatic heterocycles. The lowest BCUT2D eigenvalue weighted by molar-refractivity contribution is -0.140. The highest BCUT2D eigenvalue weighted by Crippen LogP contribution is 2.47. The number of nitrogens with zero attached hydrogens (tertiary/aromatic N) is 4. The Kier molecular flexibility index (Phi) is 8.36. The number of carbonyl (C=O) groups is 4. The molecular weight excluding hydrogens is 657 g/mol. The van der Waals surface area contributed by atoms with E-state index < -0.39 is 80.4 Å². The van der Waals surface area contributed by atoms with Crippen molar-refractivity contribution in [3.63, 3.8) is 0 Å². The molecule has 2 saturated carbocycles. The van der Waals surface area contributed by atoms with Gasteiger partial charge in [0.2, 0.25) is 27.1 Å². The number of carbonyl (C=O) groups excluding carboxylic acids is 3. The Morgan fingerprint density at radius 2 is 1.96 bits per heavy atom. The molecule has 2 aliphatic heterocycles. The van der Waals surface area contributed by atoms with Crippen molar-refractivity contribution < 1.29 is 37.1 Å². The van der Waals surface area contributed by atoms with Crippen LogP contribution in [0.3, 0.4) is 0 Å². The number of hydrogen-bond acceptors (Lipinski definition) is 9. The van der Waals surface area contributed by atoms with E-state index in [1.165, 1.54) is 35.4 Å². The summed E-state index contributed by atoms with van der Waals surface area (Å²) in [5.74, 6) is -3.65. The third kappa shape index (κ3) is 6.11. The summed E-state index contributed by atoms with van der Waals surface area (Å²) in [6.07, 6.45) is 2.51. The highest BCUT2D eigenvalue weighted by atomic mass is 35.5. The number of likely N-dealkylation sites (tertiary alicyclic amines) is 1. The van der Waals surface area contributed by atoms with Gasteiger partial charge in [-0.2, -0.15) is 0 Å². The summed E-state index contributed by atoms with van der Waals surface area (Å²) in [5, 5.41) is 15.0. The quantitative estimate of drug-likeness (QED) is 0.212. The average Bonchev–Trinajstić information content (AvgIpc) is 3.91. The molecule has 3 fully saturated rings. The third-order valence-electron chi connectivity index (χ3n) is 9.36. The van der Waals surface area contributed by atoms with Crippen LogP contribution in [0.4, 0.5) is 15.0 Å². The number of carboxylic acid groups (broad SMARTS) is 1. The van der Waals surface area contributed by atoms with Gasteiger partial charge in [-0.3, -0.25) is 24.0 Å². The van der Waals surface area contributed by atoms with Gasteiger partial charge in [0.1, 0.15) is 29.3 Å². The monoisotopic (exact) mass is 689 g/mol. The summed E-state index contributed by atoms with van der Waals surface area (Å²) in [6, 6.07) is 2.87. The number of hydrogen-bond donors (Lipinski definition) is 4. The van der Waals surface area contributed by atoms with Crippen LogP contribution < -0.4 is 15.4 Å². The number of amides is 4. The number of halogens is 2. The molecule has 47 heavy (non-hydrogen) atoms. The zero-order valence-electron chi connectivity index (χ0n) is 25.2. The van der Waals surface area contributed by atoms with Gasteiger partial charge in [-0.1, -0.05) is 18.2 Å². The highest BCUT2D eigenvalue weighted by molar-refractivity contribution is 7.91. The topological polar surface area (TPSA) is 191 Å². The Hall–Kier alpha value is -4.31. The summed E-state index contributed by atoms with van der Waals surface area (Å²) in [6.45, 7) is 5.00. The van der Waals surface area contributed by atoms with Gasteiger partial charge in [0.15, 0.2) is 0 Å². The molecule has 250 valence electrons. The molecule has 17 heteroatoms. The third-order valence-corrected chi connectivity index (χ3v) is 11.4. The molecule has 0 bridgehead atoms. The first-order chi connectivity index (χ1) is 22.3. The number of fused-ring (bicyclic) bond motifs is 1. The number of nitrogens with one attached hydrogen (secondary N) is 3. The standard InChI is InChI=1S/C30H33ClFN7O7S/c1-3-17-12-30(17,27(42)37-47(45,46)18-7-8-18)36-25(40)22-11-16(24-19-5-4-6-21(32)20(19)14-39(24)29(43)44)13-38(22)26(41)15(2)34-23-9-10-33-28(31)35-23/h3-6,9-10,15-18,22,24H,1,7-8,11-14H2,2H3,(H,36,40)(H,37,42)(H,43,44)(H,33,34,35)/t15-,16?,17-,22+,24?,30-/m1/s1. The fourth-order valence-electron chi connectivity index (χ4n) is 6.71. The van der Waals surface area contributed by atoms with Gasteiger partial charge in [0.05, 0.1) is 17.8 Å². The van der Waals surface area contributed by atoms with Crippen molar-refractivity contribution in [3.05, 3.63) is 65.3 Å². The van der Waals surface area contributed by atoms with Gasteiger partial charge in [0, 0.05) is 30.1 Å². The predicted molar refractivity (Wildman–Crippen MR) is 166 cm³/mol. The molecule has 1 saturated heterocycles. The molecule has 6 rings (SSSR count). The summed E-state index contributed by atoms with van der Waals surface area (Å²) >= 11 is 5.89. The fourth-order valence-corrected chi connectivity index (χ4v) is 8.22. The zero-order chi connectivity index (χ0) is 33.8. The molecular formula is C30H33ClFN7O7S.